The molecule has 1 aromatic rings. The quantitative estimate of drug-likeness (QED) is 0.517. The number of hydrogen-bond acceptors (Lipinski definition) is 8. The van der Waals surface area contributed by atoms with Crippen LogP contribution in [0.15, 0.2) is 6.20 Å². The summed E-state index contributed by atoms with van der Waals surface area (Å²) in [6.45, 7) is 1.81. The highest BCUT2D eigenvalue weighted by Crippen LogP contribution is 2.25. The molecule has 1 aromatic heterocycles. The third kappa shape index (κ3) is 4.28. The lowest BCUT2D eigenvalue weighted by Crippen LogP contribution is -2.32. The van der Waals surface area contributed by atoms with Gasteiger partial charge in [0.25, 0.3) is 0 Å². The smallest absolute Gasteiger partial charge is 0.329 e. The molecule has 0 bridgehead atoms. The van der Waals surface area contributed by atoms with Crippen molar-refractivity contribution in [3.05, 3.63) is 16.3 Å². The molecule has 0 fully saturated rings. The highest BCUT2D eigenvalue weighted by Gasteiger charge is 2.22. The predicted molar refractivity (Wildman–Crippen MR) is 74.2 cm³/mol. The van der Waals surface area contributed by atoms with Gasteiger partial charge in [0, 0.05) is 34.4 Å². The van der Waals surface area contributed by atoms with E-state index in [1.807, 2.05) is 0 Å². The number of nitrogens with one attached hydrogen (secondary N) is 1. The van der Waals surface area contributed by atoms with Crippen LogP contribution < -0.4 is 10.2 Å². The first-order valence-electron chi connectivity index (χ1n) is 6.06. The van der Waals surface area contributed by atoms with Crippen LogP contribution in [-0.2, 0) is 9.47 Å². The Morgan fingerprint density at radius 1 is 1.35 bits per heavy atom. The van der Waals surface area contributed by atoms with Crippen LogP contribution >= 0.6 is 0 Å². The third-order valence-corrected chi connectivity index (χ3v) is 2.60. The van der Waals surface area contributed by atoms with Crippen molar-refractivity contribution in [1.29, 1.82) is 0 Å². The highest BCUT2D eigenvalue weighted by atomic mass is 16.6. The fourth-order valence-electron chi connectivity index (χ4n) is 1.57. The predicted octanol–water partition coefficient (Wildman–Crippen LogP) is 0.526. The molecule has 0 amide bonds. The number of methoxy groups -OCH3 is 2. The molecule has 112 valence electrons. The summed E-state index contributed by atoms with van der Waals surface area (Å²) in [4.78, 5) is 20.4. The average molecular weight is 285 g/mol. The minimum atomic E-state index is -0.499. The maximum atomic E-state index is 11.1. The Balaban J connectivity index is 3.09. The lowest BCUT2D eigenvalue weighted by atomic mass is 10.4. The molecular weight excluding hydrogens is 266 g/mol. The second-order valence-corrected chi connectivity index (χ2v) is 3.88. The summed E-state index contributed by atoms with van der Waals surface area (Å²) in [6, 6.07) is 0. The second kappa shape index (κ2) is 8.23. The Morgan fingerprint density at radius 2 is 1.95 bits per heavy atom. The van der Waals surface area contributed by atoms with E-state index < -0.39 is 4.92 Å². The lowest BCUT2D eigenvalue weighted by Gasteiger charge is -2.22. The molecule has 0 aliphatic heterocycles. The third-order valence-electron chi connectivity index (χ3n) is 2.60. The highest BCUT2D eigenvalue weighted by molar-refractivity contribution is 5.58. The van der Waals surface area contributed by atoms with E-state index in [-0.39, 0.29) is 11.5 Å². The average Bonchev–Trinajstić information content (AvgIpc) is 2.46. The Hall–Kier alpha value is -2.00. The number of ether oxygens (including phenoxy) is 2. The molecule has 1 heterocycles. The molecule has 0 aromatic carbocycles. The molecule has 9 heteroatoms. The van der Waals surface area contributed by atoms with Crippen molar-refractivity contribution >= 4 is 17.5 Å². The largest absolute Gasteiger partial charge is 0.383 e. The molecule has 20 heavy (non-hydrogen) atoms. The monoisotopic (exact) mass is 285 g/mol. The SMILES string of the molecule is CNc1ncc([N+](=O)[O-])c(N(CCOC)CCOC)n1. The van der Waals surface area contributed by atoms with E-state index in [1.54, 1.807) is 26.2 Å². The molecule has 0 atom stereocenters. The van der Waals surface area contributed by atoms with Gasteiger partial charge in [0.15, 0.2) is 0 Å². The van der Waals surface area contributed by atoms with Gasteiger partial charge in [0.2, 0.25) is 11.8 Å². The molecule has 0 saturated heterocycles. The maximum absolute atomic E-state index is 11.1. The van der Waals surface area contributed by atoms with Gasteiger partial charge in [-0.2, -0.15) is 4.98 Å². The molecule has 0 radical (unpaired) electrons. The fraction of sp³-hybridized carbons (Fsp3) is 0.636. The van der Waals surface area contributed by atoms with Crippen molar-refractivity contribution < 1.29 is 14.4 Å². The van der Waals surface area contributed by atoms with E-state index in [0.717, 1.165) is 0 Å². The van der Waals surface area contributed by atoms with E-state index in [2.05, 4.69) is 15.3 Å². The van der Waals surface area contributed by atoms with Crippen molar-refractivity contribution in [3.63, 3.8) is 0 Å². The molecule has 0 unspecified atom stereocenters. The van der Waals surface area contributed by atoms with Crippen LogP contribution in [0.3, 0.4) is 0 Å². The van der Waals surface area contributed by atoms with Crippen LogP contribution in [0.4, 0.5) is 17.5 Å². The Kier molecular flexibility index (Phi) is 6.60. The molecule has 0 aliphatic carbocycles. The summed E-state index contributed by atoms with van der Waals surface area (Å²) in [5, 5.41) is 13.9. The van der Waals surface area contributed by atoms with Crippen molar-refractivity contribution in [2.24, 2.45) is 0 Å². The number of aromatic nitrogens is 2. The number of nitro groups is 1. The minimum absolute atomic E-state index is 0.142. The standard InChI is InChI=1S/C11H19N5O4/c1-12-11-13-8-9(16(17)18)10(14-11)15(4-6-19-2)5-7-20-3/h8H,4-7H2,1-3H3,(H,12,13,14). The zero-order valence-electron chi connectivity index (χ0n) is 11.8. The lowest BCUT2D eigenvalue weighted by molar-refractivity contribution is -0.384. The molecule has 0 aliphatic rings. The van der Waals surface area contributed by atoms with Crippen molar-refractivity contribution in [2.45, 2.75) is 0 Å². The summed E-state index contributed by atoms with van der Waals surface area (Å²) in [5.41, 5.74) is -0.142. The topological polar surface area (TPSA) is 103 Å². The van der Waals surface area contributed by atoms with Gasteiger partial charge in [0.05, 0.1) is 18.1 Å². The van der Waals surface area contributed by atoms with Crippen LogP contribution in [0, 0.1) is 10.1 Å². The first-order chi connectivity index (χ1) is 9.63. The molecule has 1 N–H and O–H groups in total. The molecule has 9 nitrogen and oxygen atoms in total. The van der Waals surface area contributed by atoms with Gasteiger partial charge in [-0.1, -0.05) is 0 Å². The van der Waals surface area contributed by atoms with Gasteiger partial charge >= 0.3 is 5.69 Å². The molecule has 1 rings (SSSR count). The normalized spacial score (nSPS) is 10.3. The minimum Gasteiger partial charge on any atom is -0.383 e. The summed E-state index contributed by atoms with van der Waals surface area (Å²) < 4.78 is 10.0. The number of nitrogens with zero attached hydrogens (tertiary/aromatic N) is 4. The van der Waals surface area contributed by atoms with E-state index in [4.69, 9.17) is 9.47 Å². The van der Waals surface area contributed by atoms with Crippen molar-refractivity contribution in [2.75, 3.05) is 57.8 Å². The number of hydrogen-bond donors (Lipinski definition) is 1. The molecular formula is C11H19N5O4. The first-order valence-corrected chi connectivity index (χ1v) is 6.06. The Bertz CT molecular complexity index is 435. The van der Waals surface area contributed by atoms with Crippen LogP contribution in [-0.4, -0.2) is 62.5 Å². The summed E-state index contributed by atoms with van der Waals surface area (Å²) in [7, 11) is 4.80. The van der Waals surface area contributed by atoms with Gasteiger partial charge in [-0.15, -0.1) is 0 Å². The fourth-order valence-corrected chi connectivity index (χ4v) is 1.57. The van der Waals surface area contributed by atoms with Gasteiger partial charge in [-0.3, -0.25) is 10.1 Å². The maximum Gasteiger partial charge on any atom is 0.329 e. The van der Waals surface area contributed by atoms with Crippen molar-refractivity contribution in [1.82, 2.24) is 9.97 Å². The second-order valence-electron chi connectivity index (χ2n) is 3.88. The zero-order chi connectivity index (χ0) is 15.0. The van der Waals surface area contributed by atoms with Gasteiger partial charge < -0.3 is 19.7 Å². The van der Waals surface area contributed by atoms with E-state index in [0.29, 0.717) is 32.3 Å². The first kappa shape index (κ1) is 16.1. The van der Waals surface area contributed by atoms with Crippen LogP contribution in [0.5, 0.6) is 0 Å². The summed E-state index contributed by atoms with van der Waals surface area (Å²) in [6.07, 6.45) is 1.20. The van der Waals surface area contributed by atoms with Gasteiger partial charge in [-0.05, 0) is 0 Å². The zero-order valence-corrected chi connectivity index (χ0v) is 11.8. The van der Waals surface area contributed by atoms with Crippen LogP contribution in [0.1, 0.15) is 0 Å². The van der Waals surface area contributed by atoms with Crippen molar-refractivity contribution in [3.8, 4) is 0 Å². The van der Waals surface area contributed by atoms with Crippen LogP contribution in [0.25, 0.3) is 0 Å². The van der Waals surface area contributed by atoms with Crippen LogP contribution in [0.2, 0.25) is 0 Å². The Labute approximate surface area is 117 Å². The summed E-state index contributed by atoms with van der Waals surface area (Å²) >= 11 is 0. The van der Waals surface area contributed by atoms with E-state index in [1.165, 1.54) is 6.20 Å². The van der Waals surface area contributed by atoms with Gasteiger partial charge in [-0.25, -0.2) is 4.98 Å². The Morgan fingerprint density at radius 3 is 2.40 bits per heavy atom. The van der Waals surface area contributed by atoms with E-state index in [9.17, 15) is 10.1 Å². The number of rotatable bonds is 9. The molecule has 0 spiro atoms. The summed E-state index contributed by atoms with van der Waals surface area (Å²) in [5.74, 6) is 0.578. The van der Waals surface area contributed by atoms with Gasteiger partial charge in [0.1, 0.15) is 6.20 Å². The number of anilines is 2. The molecule has 0 saturated carbocycles. The van der Waals surface area contributed by atoms with E-state index >= 15 is 0 Å².